The second-order valence-electron chi connectivity index (χ2n) is 3.52. The van der Waals surface area contributed by atoms with Crippen LogP contribution in [0.4, 0.5) is 0 Å². The van der Waals surface area contributed by atoms with Crippen molar-refractivity contribution in [2.45, 2.75) is 18.8 Å². The molecule has 0 aliphatic heterocycles. The molecule has 0 amide bonds. The number of carboxylic acid groups (broad SMARTS) is 1. The van der Waals surface area contributed by atoms with E-state index in [1.165, 1.54) is 7.11 Å². The number of methoxy groups -OCH3 is 1. The van der Waals surface area contributed by atoms with Gasteiger partial charge in [-0.3, -0.25) is 14.3 Å². The summed E-state index contributed by atoms with van der Waals surface area (Å²) in [5.74, 6) is -1.76. The topological polar surface area (TPSA) is 81.4 Å². The lowest BCUT2D eigenvalue weighted by molar-refractivity contribution is -0.141. The molecule has 0 spiro atoms. The molecule has 1 aromatic rings. The highest BCUT2D eigenvalue weighted by molar-refractivity contribution is 5.73. The molecule has 0 fully saturated rings. The molecule has 0 saturated heterocycles. The first-order chi connectivity index (χ1) is 7.52. The van der Waals surface area contributed by atoms with Gasteiger partial charge in [0.25, 0.3) is 0 Å². The van der Waals surface area contributed by atoms with Crippen LogP contribution in [-0.4, -0.2) is 33.9 Å². The molecule has 0 aliphatic rings. The van der Waals surface area contributed by atoms with E-state index in [-0.39, 0.29) is 12.8 Å². The number of aromatic nitrogens is 2. The maximum atomic E-state index is 11.1. The highest BCUT2D eigenvalue weighted by Gasteiger charge is 2.20. The molecule has 0 aliphatic carbocycles. The summed E-state index contributed by atoms with van der Waals surface area (Å²) in [6.45, 7) is 0. The van der Waals surface area contributed by atoms with Gasteiger partial charge in [-0.1, -0.05) is 0 Å². The zero-order chi connectivity index (χ0) is 12.1. The van der Waals surface area contributed by atoms with Crippen molar-refractivity contribution in [3.63, 3.8) is 0 Å². The molecule has 0 radical (unpaired) electrons. The Bertz CT molecular complexity index is 386. The van der Waals surface area contributed by atoms with Gasteiger partial charge in [0.2, 0.25) is 0 Å². The van der Waals surface area contributed by atoms with Gasteiger partial charge in [-0.25, -0.2) is 0 Å². The average molecular weight is 226 g/mol. The van der Waals surface area contributed by atoms with Gasteiger partial charge in [0, 0.05) is 19.2 Å². The lowest BCUT2D eigenvalue weighted by atomic mass is 9.95. The second kappa shape index (κ2) is 5.29. The smallest absolute Gasteiger partial charge is 0.306 e. The Balaban J connectivity index is 2.78. The van der Waals surface area contributed by atoms with Gasteiger partial charge in [0.15, 0.2) is 0 Å². The Labute approximate surface area is 92.8 Å². The largest absolute Gasteiger partial charge is 0.481 e. The van der Waals surface area contributed by atoms with Gasteiger partial charge < -0.3 is 9.84 Å². The third kappa shape index (κ3) is 3.38. The zero-order valence-electron chi connectivity index (χ0n) is 9.21. The van der Waals surface area contributed by atoms with E-state index in [0.29, 0.717) is 0 Å². The fourth-order valence-corrected chi connectivity index (χ4v) is 1.45. The molecule has 1 heterocycles. The van der Waals surface area contributed by atoms with Crippen molar-refractivity contribution < 1.29 is 19.4 Å². The Morgan fingerprint density at radius 3 is 2.69 bits per heavy atom. The minimum Gasteiger partial charge on any atom is -0.481 e. The summed E-state index contributed by atoms with van der Waals surface area (Å²) in [7, 11) is 3.02. The molecule has 1 aromatic heterocycles. The Morgan fingerprint density at radius 2 is 2.25 bits per heavy atom. The van der Waals surface area contributed by atoms with Crippen LogP contribution in [0.1, 0.15) is 24.3 Å². The number of carboxylic acids is 1. The van der Waals surface area contributed by atoms with Gasteiger partial charge in [-0.15, -0.1) is 0 Å². The van der Waals surface area contributed by atoms with E-state index < -0.39 is 17.9 Å². The van der Waals surface area contributed by atoms with Gasteiger partial charge in [-0.2, -0.15) is 5.10 Å². The predicted molar refractivity (Wildman–Crippen MR) is 54.8 cm³/mol. The van der Waals surface area contributed by atoms with Crippen molar-refractivity contribution in [3.05, 3.63) is 18.0 Å². The number of esters is 1. The molecular weight excluding hydrogens is 212 g/mol. The lowest BCUT2D eigenvalue weighted by Gasteiger charge is -2.10. The van der Waals surface area contributed by atoms with Gasteiger partial charge in [-0.05, 0) is 5.56 Å². The van der Waals surface area contributed by atoms with Crippen molar-refractivity contribution >= 4 is 11.9 Å². The third-order valence-corrected chi connectivity index (χ3v) is 2.26. The molecule has 1 N–H and O–H groups in total. The first-order valence-electron chi connectivity index (χ1n) is 4.80. The number of carbonyl (C=O) groups excluding carboxylic acids is 1. The van der Waals surface area contributed by atoms with Crippen molar-refractivity contribution in [2.75, 3.05) is 7.11 Å². The standard InChI is InChI=1S/C10H14N2O4/c1-12-6-8(5-11-12)7(3-9(13)14)4-10(15)16-2/h5-7H,3-4H2,1-2H3,(H,13,14). The number of rotatable bonds is 5. The first-order valence-corrected chi connectivity index (χ1v) is 4.80. The van der Waals surface area contributed by atoms with Crippen LogP contribution in [0, 0.1) is 0 Å². The van der Waals surface area contributed by atoms with Crippen LogP contribution >= 0.6 is 0 Å². The Morgan fingerprint density at radius 1 is 1.56 bits per heavy atom. The van der Waals surface area contributed by atoms with Crippen molar-refractivity contribution in [1.82, 2.24) is 9.78 Å². The van der Waals surface area contributed by atoms with Gasteiger partial charge in [0.05, 0.1) is 26.1 Å². The van der Waals surface area contributed by atoms with E-state index in [4.69, 9.17) is 5.11 Å². The summed E-state index contributed by atoms with van der Waals surface area (Å²) >= 11 is 0. The van der Waals surface area contributed by atoms with Crippen LogP contribution in [0.3, 0.4) is 0 Å². The molecule has 0 aromatic carbocycles. The number of nitrogens with zero attached hydrogens (tertiary/aromatic N) is 2. The van der Waals surface area contributed by atoms with Crippen LogP contribution in [0.5, 0.6) is 0 Å². The van der Waals surface area contributed by atoms with Crippen LogP contribution in [0.25, 0.3) is 0 Å². The van der Waals surface area contributed by atoms with Crippen LogP contribution < -0.4 is 0 Å². The minimum absolute atomic E-state index is 0.0501. The number of carbonyl (C=O) groups is 2. The SMILES string of the molecule is COC(=O)CC(CC(=O)O)c1cnn(C)c1. The molecule has 6 heteroatoms. The summed E-state index contributed by atoms with van der Waals surface area (Å²) < 4.78 is 6.10. The summed E-state index contributed by atoms with van der Waals surface area (Å²) in [5, 5.41) is 12.7. The van der Waals surface area contributed by atoms with Crippen molar-refractivity contribution in [3.8, 4) is 0 Å². The predicted octanol–water partition coefficient (Wildman–Crippen LogP) is 0.541. The molecule has 1 atom stereocenters. The molecule has 1 unspecified atom stereocenters. The highest BCUT2D eigenvalue weighted by Crippen LogP contribution is 2.23. The molecular formula is C10H14N2O4. The number of ether oxygens (including phenoxy) is 1. The van der Waals surface area contributed by atoms with Gasteiger partial charge >= 0.3 is 11.9 Å². The van der Waals surface area contributed by atoms with Crippen molar-refractivity contribution in [2.24, 2.45) is 7.05 Å². The monoisotopic (exact) mass is 226 g/mol. The maximum Gasteiger partial charge on any atom is 0.306 e. The normalized spacial score (nSPS) is 12.1. The summed E-state index contributed by atoms with van der Waals surface area (Å²) in [6.07, 6.45) is 3.21. The first kappa shape index (κ1) is 12.2. The number of hydrogen-bond donors (Lipinski definition) is 1. The number of hydrogen-bond acceptors (Lipinski definition) is 4. The van der Waals surface area contributed by atoms with Crippen LogP contribution in [0.15, 0.2) is 12.4 Å². The van der Waals surface area contributed by atoms with E-state index in [0.717, 1.165) is 5.56 Å². The highest BCUT2D eigenvalue weighted by atomic mass is 16.5. The minimum atomic E-state index is -0.947. The molecule has 1 rings (SSSR count). The Kier molecular flexibility index (Phi) is 4.04. The summed E-state index contributed by atoms with van der Waals surface area (Å²) in [4.78, 5) is 21.8. The molecule has 88 valence electrons. The summed E-state index contributed by atoms with van der Waals surface area (Å²) in [6, 6.07) is 0. The fourth-order valence-electron chi connectivity index (χ4n) is 1.45. The number of aryl methyl sites for hydroxylation is 1. The molecule has 0 saturated carbocycles. The van der Waals surface area contributed by atoms with E-state index in [2.05, 4.69) is 9.84 Å². The van der Waals surface area contributed by atoms with Gasteiger partial charge in [0.1, 0.15) is 0 Å². The van der Waals surface area contributed by atoms with Crippen LogP contribution in [0.2, 0.25) is 0 Å². The molecule has 16 heavy (non-hydrogen) atoms. The average Bonchev–Trinajstić information content (AvgIpc) is 2.63. The Hall–Kier alpha value is -1.85. The van der Waals surface area contributed by atoms with Crippen molar-refractivity contribution in [1.29, 1.82) is 0 Å². The number of aliphatic carboxylic acids is 1. The maximum absolute atomic E-state index is 11.1. The van der Waals surface area contributed by atoms with Crippen LogP contribution in [-0.2, 0) is 21.4 Å². The lowest BCUT2D eigenvalue weighted by Crippen LogP contribution is -2.12. The molecule has 6 nitrogen and oxygen atoms in total. The van der Waals surface area contributed by atoms with E-state index in [1.54, 1.807) is 24.1 Å². The van der Waals surface area contributed by atoms with E-state index in [1.807, 2.05) is 0 Å². The van der Waals surface area contributed by atoms with E-state index in [9.17, 15) is 9.59 Å². The zero-order valence-corrected chi connectivity index (χ0v) is 9.21. The fraction of sp³-hybridized carbons (Fsp3) is 0.500. The second-order valence-corrected chi connectivity index (χ2v) is 3.52. The molecule has 0 bridgehead atoms. The quantitative estimate of drug-likeness (QED) is 0.741. The van der Waals surface area contributed by atoms with E-state index >= 15 is 0 Å². The third-order valence-electron chi connectivity index (χ3n) is 2.26. The summed E-state index contributed by atoms with van der Waals surface area (Å²) in [5.41, 5.74) is 0.732.